The molecule has 5 aromatic rings. The van der Waals surface area contributed by atoms with Crippen LogP contribution in [0.4, 0.5) is 0 Å². The summed E-state index contributed by atoms with van der Waals surface area (Å²) in [6.45, 7) is 2.98. The van der Waals surface area contributed by atoms with E-state index in [1.54, 1.807) is 22.8 Å². The van der Waals surface area contributed by atoms with Gasteiger partial charge in [0, 0.05) is 28.2 Å². The second kappa shape index (κ2) is 7.89. The number of halogens is 1. The van der Waals surface area contributed by atoms with Crippen LogP contribution in [-0.2, 0) is 6.54 Å². The second-order valence-corrected chi connectivity index (χ2v) is 7.75. The summed E-state index contributed by atoms with van der Waals surface area (Å²) in [6.07, 6.45) is 3.93. The average Bonchev–Trinajstić information content (AvgIpc) is 3.16. The number of nitrogens with zero attached hydrogens (tertiary/aromatic N) is 3. The van der Waals surface area contributed by atoms with Gasteiger partial charge in [0.2, 0.25) is 0 Å². The minimum absolute atomic E-state index is 0.108. The number of aromatic nitrogens is 3. The molecular weight excluding hydrogens is 406 g/mol. The Morgan fingerprint density at radius 2 is 1.68 bits per heavy atom. The van der Waals surface area contributed by atoms with Crippen LogP contribution in [0, 0.1) is 0 Å². The summed E-state index contributed by atoms with van der Waals surface area (Å²) < 4.78 is 3.88. The molecule has 31 heavy (non-hydrogen) atoms. The van der Waals surface area contributed by atoms with Crippen LogP contribution >= 0.6 is 11.6 Å². The van der Waals surface area contributed by atoms with E-state index in [2.05, 4.69) is 29.7 Å². The van der Waals surface area contributed by atoms with Gasteiger partial charge in [-0.05, 0) is 67.6 Å². The first-order valence-electron chi connectivity index (χ1n) is 10.2. The Balaban J connectivity index is 1.72. The van der Waals surface area contributed by atoms with Crippen LogP contribution in [0.15, 0.2) is 83.7 Å². The van der Waals surface area contributed by atoms with Gasteiger partial charge in [-0.1, -0.05) is 41.9 Å². The molecule has 5 heteroatoms. The van der Waals surface area contributed by atoms with E-state index in [-0.39, 0.29) is 5.56 Å². The molecule has 0 unspecified atom stereocenters. The molecule has 0 saturated heterocycles. The van der Waals surface area contributed by atoms with Gasteiger partial charge < -0.3 is 4.57 Å². The van der Waals surface area contributed by atoms with Gasteiger partial charge >= 0.3 is 0 Å². The molecule has 3 aromatic carbocycles. The van der Waals surface area contributed by atoms with Crippen molar-refractivity contribution < 1.29 is 0 Å². The highest BCUT2D eigenvalue weighted by Crippen LogP contribution is 2.22. The Morgan fingerprint density at radius 1 is 0.935 bits per heavy atom. The smallest absolute Gasteiger partial charge is 0.266 e. The van der Waals surface area contributed by atoms with Gasteiger partial charge in [-0.25, -0.2) is 4.98 Å². The Labute approximate surface area is 184 Å². The molecule has 0 saturated carbocycles. The van der Waals surface area contributed by atoms with Crippen LogP contribution in [0.25, 0.3) is 39.6 Å². The number of rotatable bonds is 4. The van der Waals surface area contributed by atoms with Crippen LogP contribution < -0.4 is 5.56 Å². The first-order valence-corrected chi connectivity index (χ1v) is 10.6. The maximum Gasteiger partial charge on any atom is 0.266 e. The molecule has 0 spiro atoms. The zero-order chi connectivity index (χ0) is 21.4. The van der Waals surface area contributed by atoms with Crippen molar-refractivity contribution in [3.05, 3.63) is 106 Å². The predicted molar refractivity (Wildman–Crippen MR) is 129 cm³/mol. The average molecular weight is 426 g/mol. The van der Waals surface area contributed by atoms with Crippen LogP contribution in [0.1, 0.15) is 18.4 Å². The summed E-state index contributed by atoms with van der Waals surface area (Å²) in [6, 6.07) is 25.1. The van der Waals surface area contributed by atoms with Crippen molar-refractivity contribution in [2.45, 2.75) is 13.5 Å². The Hall–Kier alpha value is -3.63. The SMILES string of the molecule is CCn1c(/C=C/c2nc3ccccc3c(=O)n2-c2ccc(Cl)cc2)cc2ccccc21. The highest BCUT2D eigenvalue weighted by molar-refractivity contribution is 6.30. The summed E-state index contributed by atoms with van der Waals surface area (Å²) in [7, 11) is 0. The monoisotopic (exact) mass is 425 g/mol. The van der Waals surface area contributed by atoms with E-state index in [0.717, 1.165) is 17.9 Å². The molecule has 0 atom stereocenters. The lowest BCUT2D eigenvalue weighted by Crippen LogP contribution is -2.22. The van der Waals surface area contributed by atoms with E-state index in [1.807, 2.05) is 54.6 Å². The van der Waals surface area contributed by atoms with Gasteiger partial charge in [-0.15, -0.1) is 0 Å². The van der Waals surface area contributed by atoms with Crippen LogP contribution in [0.3, 0.4) is 0 Å². The van der Waals surface area contributed by atoms with E-state index in [0.29, 0.717) is 21.7 Å². The normalized spacial score (nSPS) is 11.7. The van der Waals surface area contributed by atoms with E-state index in [1.165, 1.54) is 10.9 Å². The molecule has 0 aliphatic carbocycles. The predicted octanol–water partition coefficient (Wildman–Crippen LogP) is 6.18. The minimum Gasteiger partial charge on any atom is -0.341 e. The lowest BCUT2D eigenvalue weighted by atomic mass is 10.2. The Kier molecular flexibility index (Phi) is 4.92. The maximum absolute atomic E-state index is 13.4. The van der Waals surface area contributed by atoms with E-state index >= 15 is 0 Å². The molecular formula is C26H20ClN3O. The van der Waals surface area contributed by atoms with E-state index < -0.39 is 0 Å². The van der Waals surface area contributed by atoms with Crippen molar-refractivity contribution in [3.63, 3.8) is 0 Å². The molecule has 152 valence electrons. The minimum atomic E-state index is -0.108. The topological polar surface area (TPSA) is 39.8 Å². The third-order valence-electron chi connectivity index (χ3n) is 5.45. The summed E-state index contributed by atoms with van der Waals surface area (Å²) in [5.41, 5.74) is 3.54. The molecule has 4 nitrogen and oxygen atoms in total. The molecule has 0 fully saturated rings. The molecule has 0 aliphatic heterocycles. The fraction of sp³-hybridized carbons (Fsp3) is 0.0769. The third-order valence-corrected chi connectivity index (χ3v) is 5.70. The molecule has 0 radical (unpaired) electrons. The number of hydrogen-bond acceptors (Lipinski definition) is 2. The lowest BCUT2D eigenvalue weighted by Gasteiger charge is -2.12. The maximum atomic E-state index is 13.4. The Bertz CT molecular complexity index is 1490. The summed E-state index contributed by atoms with van der Waals surface area (Å²) in [4.78, 5) is 18.2. The van der Waals surface area contributed by atoms with Crippen LogP contribution in [-0.4, -0.2) is 14.1 Å². The van der Waals surface area contributed by atoms with Gasteiger partial charge in [0.25, 0.3) is 5.56 Å². The molecule has 0 N–H and O–H groups in total. The largest absolute Gasteiger partial charge is 0.341 e. The van der Waals surface area contributed by atoms with Crippen LogP contribution in [0.2, 0.25) is 5.02 Å². The lowest BCUT2D eigenvalue weighted by molar-refractivity contribution is 0.790. The number of hydrogen-bond donors (Lipinski definition) is 0. The zero-order valence-corrected chi connectivity index (χ0v) is 17.8. The van der Waals surface area contributed by atoms with Gasteiger partial charge in [0.05, 0.1) is 16.6 Å². The van der Waals surface area contributed by atoms with Gasteiger partial charge in [-0.3, -0.25) is 9.36 Å². The Morgan fingerprint density at radius 3 is 2.48 bits per heavy atom. The van der Waals surface area contributed by atoms with Crippen molar-refractivity contribution in [2.75, 3.05) is 0 Å². The quantitative estimate of drug-likeness (QED) is 0.344. The molecule has 2 heterocycles. The molecule has 0 aliphatic rings. The summed E-state index contributed by atoms with van der Waals surface area (Å²) in [5.74, 6) is 0.568. The van der Waals surface area contributed by atoms with Crippen molar-refractivity contribution in [3.8, 4) is 5.69 Å². The number of fused-ring (bicyclic) bond motifs is 2. The van der Waals surface area contributed by atoms with Gasteiger partial charge in [0.15, 0.2) is 0 Å². The fourth-order valence-corrected chi connectivity index (χ4v) is 4.11. The number of para-hydroxylation sites is 2. The van der Waals surface area contributed by atoms with Gasteiger partial charge in [-0.2, -0.15) is 0 Å². The zero-order valence-electron chi connectivity index (χ0n) is 17.0. The van der Waals surface area contributed by atoms with Crippen molar-refractivity contribution in [1.29, 1.82) is 0 Å². The highest BCUT2D eigenvalue weighted by atomic mass is 35.5. The highest BCUT2D eigenvalue weighted by Gasteiger charge is 2.12. The standard InChI is InChI=1S/C26H20ClN3O/c1-2-29-21(17-18-7-3-6-10-24(18)29)15-16-25-28-23-9-5-4-8-22(23)26(31)30(25)20-13-11-19(27)12-14-20/h3-17H,2H2,1H3/b16-15+. The van der Waals surface area contributed by atoms with Crippen molar-refractivity contribution >= 4 is 45.6 Å². The fourth-order valence-electron chi connectivity index (χ4n) is 3.98. The summed E-state index contributed by atoms with van der Waals surface area (Å²) >= 11 is 6.07. The number of aryl methyl sites for hydroxylation is 1. The number of benzene rings is 3. The third kappa shape index (κ3) is 3.45. The first-order chi connectivity index (χ1) is 15.2. The van der Waals surface area contributed by atoms with Crippen molar-refractivity contribution in [1.82, 2.24) is 14.1 Å². The molecule has 5 rings (SSSR count). The molecule has 0 bridgehead atoms. The summed E-state index contributed by atoms with van der Waals surface area (Å²) in [5, 5.41) is 2.39. The van der Waals surface area contributed by atoms with E-state index in [4.69, 9.17) is 16.6 Å². The van der Waals surface area contributed by atoms with E-state index in [9.17, 15) is 4.79 Å². The van der Waals surface area contributed by atoms with Crippen LogP contribution in [0.5, 0.6) is 0 Å². The first kappa shape index (κ1) is 19.3. The molecule has 2 aromatic heterocycles. The molecule has 0 amide bonds. The van der Waals surface area contributed by atoms with Gasteiger partial charge in [0.1, 0.15) is 5.82 Å². The second-order valence-electron chi connectivity index (χ2n) is 7.31. The van der Waals surface area contributed by atoms with Crippen molar-refractivity contribution in [2.24, 2.45) is 0 Å².